The van der Waals surface area contributed by atoms with Gasteiger partial charge in [0, 0.05) is 44.3 Å². The van der Waals surface area contributed by atoms with E-state index in [0.717, 1.165) is 0 Å². The molecule has 0 atom stereocenters. The number of hydrazone groups is 1. The van der Waals surface area contributed by atoms with Crippen LogP contribution in [0, 0.1) is 0 Å². The molecule has 0 aromatic carbocycles. The molecule has 0 aliphatic carbocycles. The predicted molar refractivity (Wildman–Crippen MR) is 85.1 cm³/mol. The van der Waals surface area contributed by atoms with Crippen molar-refractivity contribution < 1.29 is 18.4 Å². The first-order valence-corrected chi connectivity index (χ1v) is 8.25. The van der Waals surface area contributed by atoms with Crippen molar-refractivity contribution in [2.24, 2.45) is 5.10 Å². The Morgan fingerprint density at radius 1 is 1.32 bits per heavy atom. The van der Waals surface area contributed by atoms with Crippen LogP contribution in [0.2, 0.25) is 0 Å². The highest BCUT2D eigenvalue weighted by atomic mass is 31.2. The molecule has 1 amide bonds. The molecule has 122 valence electrons. The van der Waals surface area contributed by atoms with Crippen molar-refractivity contribution in [2.45, 2.75) is 32.3 Å². The first-order chi connectivity index (χ1) is 10.3. The van der Waals surface area contributed by atoms with Crippen LogP contribution < -0.4 is 5.43 Å². The van der Waals surface area contributed by atoms with Gasteiger partial charge in [-0.05, 0) is 32.9 Å². The van der Waals surface area contributed by atoms with Gasteiger partial charge in [0.05, 0.1) is 5.16 Å². The number of amides is 1. The highest BCUT2D eigenvalue weighted by molar-refractivity contribution is 7.55. The minimum atomic E-state index is -3.25. The molecular formula is C14H22N3O4P. The van der Waals surface area contributed by atoms with Crippen LogP contribution in [0.1, 0.15) is 37.6 Å². The van der Waals surface area contributed by atoms with E-state index >= 15 is 0 Å². The Kier molecular flexibility index (Phi) is 6.41. The smallest absolute Gasteiger partial charge is 0.312 e. The molecule has 0 saturated carbocycles. The van der Waals surface area contributed by atoms with Gasteiger partial charge in [0.2, 0.25) is 0 Å². The lowest BCUT2D eigenvalue weighted by atomic mass is 10.1. The highest BCUT2D eigenvalue weighted by Crippen LogP contribution is 2.60. The minimum absolute atomic E-state index is 0.332. The molecule has 1 N–H and O–H groups in total. The Hall–Kier alpha value is -1.56. The number of nitrogens with zero attached hydrogens (tertiary/aromatic N) is 2. The molecule has 0 saturated heterocycles. The molecule has 22 heavy (non-hydrogen) atoms. The Bertz CT molecular complexity index is 579. The van der Waals surface area contributed by atoms with E-state index in [2.05, 4.69) is 15.5 Å². The Labute approximate surface area is 130 Å². The Morgan fingerprint density at radius 2 is 1.86 bits per heavy atom. The normalized spacial score (nSPS) is 13.0. The second-order valence-corrected chi connectivity index (χ2v) is 8.31. The SMILES string of the molecule is COP(=O)(OC)C(C)(C)C/C(C)=N/NC(=O)c1ccncc1. The maximum Gasteiger partial charge on any atom is 0.336 e. The lowest BCUT2D eigenvalue weighted by Crippen LogP contribution is -2.27. The van der Waals surface area contributed by atoms with Crippen molar-refractivity contribution in [1.82, 2.24) is 10.4 Å². The van der Waals surface area contributed by atoms with Gasteiger partial charge in [-0.1, -0.05) is 0 Å². The standard InChI is InChI=1S/C14H22N3O4P/c1-11(10-14(2,3)22(19,20-4)21-5)16-17-13(18)12-6-8-15-9-7-12/h6-9H,10H2,1-5H3,(H,17,18)/b16-11+. The number of hydrogen-bond donors (Lipinski definition) is 1. The van der Waals surface area contributed by atoms with E-state index in [1.807, 2.05) is 0 Å². The number of carbonyl (C=O) groups is 1. The van der Waals surface area contributed by atoms with Crippen LogP contribution in [0.3, 0.4) is 0 Å². The first-order valence-electron chi connectivity index (χ1n) is 6.71. The second-order valence-electron chi connectivity index (χ2n) is 5.38. The molecule has 0 bridgehead atoms. The molecule has 7 nitrogen and oxygen atoms in total. The van der Waals surface area contributed by atoms with E-state index in [9.17, 15) is 9.36 Å². The van der Waals surface area contributed by atoms with Crippen molar-refractivity contribution in [2.75, 3.05) is 14.2 Å². The zero-order chi connectivity index (χ0) is 16.8. The fourth-order valence-electron chi connectivity index (χ4n) is 2.05. The topological polar surface area (TPSA) is 89.9 Å². The summed E-state index contributed by atoms with van der Waals surface area (Å²) >= 11 is 0. The number of hydrogen-bond acceptors (Lipinski definition) is 6. The van der Waals surface area contributed by atoms with Crippen molar-refractivity contribution in [1.29, 1.82) is 0 Å². The van der Waals surface area contributed by atoms with E-state index in [1.165, 1.54) is 26.6 Å². The molecule has 1 aromatic rings. The van der Waals surface area contributed by atoms with Crippen molar-refractivity contribution in [3.63, 3.8) is 0 Å². The summed E-state index contributed by atoms with van der Waals surface area (Å²) in [4.78, 5) is 15.7. The molecule has 0 aliphatic heterocycles. The van der Waals surface area contributed by atoms with Crippen molar-refractivity contribution in [3.8, 4) is 0 Å². The molecule has 0 unspecified atom stereocenters. The fourth-order valence-corrected chi connectivity index (χ4v) is 3.61. The van der Waals surface area contributed by atoms with Gasteiger partial charge in [-0.3, -0.25) is 14.3 Å². The van der Waals surface area contributed by atoms with Gasteiger partial charge in [-0.25, -0.2) is 5.43 Å². The van der Waals surface area contributed by atoms with Crippen molar-refractivity contribution in [3.05, 3.63) is 30.1 Å². The molecule has 1 heterocycles. The van der Waals surface area contributed by atoms with Gasteiger partial charge >= 0.3 is 7.60 Å². The second kappa shape index (κ2) is 7.63. The number of carbonyl (C=O) groups excluding carboxylic acids is 1. The van der Waals surface area contributed by atoms with Gasteiger partial charge in [-0.2, -0.15) is 5.10 Å². The van der Waals surface area contributed by atoms with Gasteiger partial charge in [0.25, 0.3) is 5.91 Å². The average molecular weight is 327 g/mol. The third kappa shape index (κ3) is 4.47. The maximum atomic E-state index is 12.5. The summed E-state index contributed by atoms with van der Waals surface area (Å²) in [5.74, 6) is -0.332. The molecular weight excluding hydrogens is 305 g/mol. The zero-order valence-electron chi connectivity index (χ0n) is 13.5. The Morgan fingerprint density at radius 3 is 2.36 bits per heavy atom. The number of rotatable bonds is 7. The Balaban J connectivity index is 2.74. The molecule has 0 aliphatic rings. The monoisotopic (exact) mass is 327 g/mol. The van der Waals surface area contributed by atoms with Crippen LogP contribution in [0.25, 0.3) is 0 Å². The third-order valence-electron chi connectivity index (χ3n) is 3.20. The van der Waals surface area contributed by atoms with Gasteiger partial charge in [-0.15, -0.1) is 0 Å². The van der Waals surface area contributed by atoms with Crippen LogP contribution >= 0.6 is 7.60 Å². The molecule has 1 rings (SSSR count). The van der Waals surface area contributed by atoms with Gasteiger partial charge < -0.3 is 9.05 Å². The lowest BCUT2D eigenvalue weighted by Gasteiger charge is -2.30. The quantitative estimate of drug-likeness (QED) is 0.472. The summed E-state index contributed by atoms with van der Waals surface area (Å²) in [7, 11) is -0.543. The van der Waals surface area contributed by atoms with E-state index in [0.29, 0.717) is 17.7 Å². The largest absolute Gasteiger partial charge is 0.336 e. The predicted octanol–water partition coefficient (Wildman–Crippen LogP) is 2.84. The van der Waals surface area contributed by atoms with Crippen LogP contribution in [-0.4, -0.2) is 36.0 Å². The summed E-state index contributed by atoms with van der Waals surface area (Å²) in [5, 5.41) is 3.27. The number of aromatic nitrogens is 1. The summed E-state index contributed by atoms with van der Waals surface area (Å²) in [5.41, 5.74) is 3.53. The van der Waals surface area contributed by atoms with Gasteiger partial charge in [0.1, 0.15) is 0 Å². The summed E-state index contributed by atoms with van der Waals surface area (Å²) in [6, 6.07) is 3.18. The van der Waals surface area contributed by atoms with E-state index in [-0.39, 0.29) is 5.91 Å². The maximum absolute atomic E-state index is 12.5. The molecule has 0 spiro atoms. The highest BCUT2D eigenvalue weighted by Gasteiger charge is 2.42. The van der Waals surface area contributed by atoms with Crippen LogP contribution in [0.15, 0.2) is 29.6 Å². The molecule has 0 fully saturated rings. The van der Waals surface area contributed by atoms with E-state index in [1.54, 1.807) is 32.9 Å². The number of nitrogens with one attached hydrogen (secondary N) is 1. The summed E-state index contributed by atoms with van der Waals surface area (Å²) in [6.45, 7) is 5.28. The van der Waals surface area contributed by atoms with Gasteiger partial charge in [0.15, 0.2) is 0 Å². The van der Waals surface area contributed by atoms with Crippen LogP contribution in [0.4, 0.5) is 0 Å². The lowest BCUT2D eigenvalue weighted by molar-refractivity contribution is 0.0954. The van der Waals surface area contributed by atoms with E-state index in [4.69, 9.17) is 9.05 Å². The third-order valence-corrected chi connectivity index (χ3v) is 5.80. The molecule has 1 aromatic heterocycles. The summed E-state index contributed by atoms with van der Waals surface area (Å²) < 4.78 is 22.5. The number of pyridine rings is 1. The minimum Gasteiger partial charge on any atom is -0.312 e. The average Bonchev–Trinajstić information content (AvgIpc) is 2.51. The van der Waals surface area contributed by atoms with E-state index < -0.39 is 12.8 Å². The first kappa shape index (κ1) is 18.5. The van der Waals surface area contributed by atoms with Crippen LogP contribution in [-0.2, 0) is 13.6 Å². The molecule has 8 heteroatoms. The summed E-state index contributed by atoms with van der Waals surface area (Å²) in [6.07, 6.45) is 3.41. The zero-order valence-corrected chi connectivity index (χ0v) is 14.4. The fraction of sp³-hybridized carbons (Fsp3) is 0.500. The molecule has 0 radical (unpaired) electrons. The van der Waals surface area contributed by atoms with Crippen molar-refractivity contribution >= 4 is 19.2 Å². The van der Waals surface area contributed by atoms with Crippen LogP contribution in [0.5, 0.6) is 0 Å².